The summed E-state index contributed by atoms with van der Waals surface area (Å²) in [6.45, 7) is 0.456. The highest BCUT2D eigenvalue weighted by atomic mass is 79.9. The van der Waals surface area contributed by atoms with Crippen LogP contribution in [0.3, 0.4) is 0 Å². The van der Waals surface area contributed by atoms with Crippen LogP contribution in [0.15, 0.2) is 52.0 Å². The fourth-order valence-corrected chi connectivity index (χ4v) is 3.96. The fourth-order valence-electron chi connectivity index (χ4n) is 2.57. The zero-order valence-corrected chi connectivity index (χ0v) is 15.7. The van der Waals surface area contributed by atoms with Crippen LogP contribution in [0.5, 0.6) is 0 Å². The zero-order valence-electron chi connectivity index (χ0n) is 13.3. The average Bonchev–Trinajstić information content (AvgIpc) is 2.90. The first kappa shape index (κ1) is 17.9. The van der Waals surface area contributed by atoms with Gasteiger partial charge >= 0.3 is 5.97 Å². The van der Waals surface area contributed by atoms with Gasteiger partial charge in [0.2, 0.25) is 0 Å². The first-order chi connectivity index (χ1) is 12.0. The van der Waals surface area contributed by atoms with Crippen molar-refractivity contribution in [1.82, 2.24) is 4.57 Å². The van der Waals surface area contributed by atoms with E-state index >= 15 is 0 Å². The average molecular weight is 426 g/mol. The molecule has 1 heterocycles. The van der Waals surface area contributed by atoms with Crippen molar-refractivity contribution in [1.29, 1.82) is 0 Å². The minimum atomic E-state index is -0.643. The molecule has 7 heteroatoms. The summed E-state index contributed by atoms with van der Waals surface area (Å²) in [6, 6.07) is 9.86. The summed E-state index contributed by atoms with van der Waals surface area (Å²) in [7, 11) is 1.30. The van der Waals surface area contributed by atoms with Crippen LogP contribution in [0.25, 0.3) is 10.9 Å². The molecule has 0 atom stereocenters. The molecular weight excluding hydrogens is 412 g/mol. The lowest BCUT2D eigenvalue weighted by Crippen LogP contribution is -2.02. The largest absolute Gasteiger partial charge is 0.468 e. The van der Waals surface area contributed by atoms with E-state index in [2.05, 4.69) is 20.7 Å². The van der Waals surface area contributed by atoms with Crippen molar-refractivity contribution in [2.24, 2.45) is 0 Å². The van der Waals surface area contributed by atoms with Crippen molar-refractivity contribution >= 4 is 44.6 Å². The van der Waals surface area contributed by atoms with Crippen LogP contribution in [0.4, 0.5) is 8.78 Å². The van der Waals surface area contributed by atoms with Crippen LogP contribution in [0, 0.1) is 11.6 Å². The van der Waals surface area contributed by atoms with Gasteiger partial charge < -0.3 is 9.30 Å². The zero-order chi connectivity index (χ0) is 18.0. The molecule has 2 aromatic carbocycles. The van der Waals surface area contributed by atoms with Gasteiger partial charge in [0.1, 0.15) is 11.6 Å². The van der Waals surface area contributed by atoms with Crippen molar-refractivity contribution in [3.63, 3.8) is 0 Å². The summed E-state index contributed by atoms with van der Waals surface area (Å²) in [6.07, 6.45) is 1.74. The molecule has 0 unspecified atom stereocenters. The summed E-state index contributed by atoms with van der Waals surface area (Å²) in [5, 5.41) is 0.310. The first-order valence-electron chi connectivity index (χ1n) is 7.40. The van der Waals surface area contributed by atoms with Gasteiger partial charge in [0, 0.05) is 33.6 Å². The smallest absolute Gasteiger partial charge is 0.315 e. The Morgan fingerprint density at radius 2 is 2.08 bits per heavy atom. The van der Waals surface area contributed by atoms with E-state index in [1.54, 1.807) is 10.8 Å². The van der Waals surface area contributed by atoms with E-state index in [1.165, 1.54) is 24.9 Å². The molecule has 0 saturated heterocycles. The Kier molecular flexibility index (Phi) is 5.44. The summed E-state index contributed by atoms with van der Waals surface area (Å²) in [5.41, 5.74) is 1.44. The highest BCUT2D eigenvalue weighted by Crippen LogP contribution is 2.33. The molecule has 1 aromatic heterocycles. The Hall–Kier alpha value is -1.86. The van der Waals surface area contributed by atoms with E-state index < -0.39 is 17.6 Å². The fraction of sp³-hybridized carbons (Fsp3) is 0.167. The van der Waals surface area contributed by atoms with Crippen molar-refractivity contribution in [3.8, 4) is 0 Å². The molecule has 0 bridgehead atoms. The van der Waals surface area contributed by atoms with E-state index in [4.69, 9.17) is 0 Å². The number of halogens is 3. The van der Waals surface area contributed by atoms with E-state index in [0.29, 0.717) is 22.3 Å². The number of hydrogen-bond donors (Lipinski definition) is 0. The van der Waals surface area contributed by atoms with Gasteiger partial charge in [-0.2, -0.15) is 0 Å². The Bertz CT molecular complexity index is 942. The molecule has 3 nitrogen and oxygen atoms in total. The normalized spacial score (nSPS) is 11.0. The van der Waals surface area contributed by atoms with Crippen LogP contribution in [-0.4, -0.2) is 23.4 Å². The lowest BCUT2D eigenvalue weighted by atomic mass is 10.2. The number of methoxy groups -OCH3 is 1. The van der Waals surface area contributed by atoms with Gasteiger partial charge in [-0.05, 0) is 23.8 Å². The van der Waals surface area contributed by atoms with Crippen LogP contribution >= 0.6 is 27.7 Å². The maximum atomic E-state index is 14.3. The number of esters is 1. The molecular formula is C18H14BrF2NO2S. The maximum Gasteiger partial charge on any atom is 0.315 e. The van der Waals surface area contributed by atoms with Gasteiger partial charge in [0.15, 0.2) is 0 Å². The summed E-state index contributed by atoms with van der Waals surface area (Å²) < 4.78 is 35.4. The summed E-state index contributed by atoms with van der Waals surface area (Å²) in [4.78, 5) is 12.0. The molecule has 0 fully saturated rings. The molecule has 0 aliphatic heterocycles. The van der Waals surface area contributed by atoms with Crippen LogP contribution in [0.1, 0.15) is 5.56 Å². The topological polar surface area (TPSA) is 31.2 Å². The number of carbonyl (C=O) groups is 1. The maximum absolute atomic E-state index is 14.3. The Labute approximate surface area is 156 Å². The Morgan fingerprint density at radius 3 is 2.80 bits per heavy atom. The molecule has 25 heavy (non-hydrogen) atoms. The van der Waals surface area contributed by atoms with E-state index in [1.807, 2.05) is 24.3 Å². The summed E-state index contributed by atoms with van der Waals surface area (Å²) in [5.74, 6) is -1.62. The third-order valence-corrected chi connectivity index (χ3v) is 5.17. The van der Waals surface area contributed by atoms with E-state index in [9.17, 15) is 13.6 Å². The van der Waals surface area contributed by atoms with Crippen molar-refractivity contribution < 1.29 is 18.3 Å². The molecule has 0 saturated carbocycles. The number of carbonyl (C=O) groups excluding carboxylic acids is 1. The lowest BCUT2D eigenvalue weighted by Gasteiger charge is -2.06. The molecule has 0 amide bonds. The molecule has 0 spiro atoms. The molecule has 0 aliphatic rings. The van der Waals surface area contributed by atoms with Crippen molar-refractivity contribution in [2.75, 3.05) is 12.9 Å². The summed E-state index contributed by atoms with van der Waals surface area (Å²) >= 11 is 4.59. The van der Waals surface area contributed by atoms with Crippen LogP contribution < -0.4 is 0 Å². The predicted octanol–water partition coefficient (Wildman–Crippen LogP) is 5.00. The number of hydrogen-bond acceptors (Lipinski definition) is 3. The number of aromatic nitrogens is 1. The minimum absolute atomic E-state index is 0.0588. The van der Waals surface area contributed by atoms with E-state index in [-0.39, 0.29) is 5.75 Å². The lowest BCUT2D eigenvalue weighted by molar-refractivity contribution is -0.137. The van der Waals surface area contributed by atoms with Gasteiger partial charge in [-0.1, -0.05) is 28.1 Å². The SMILES string of the molecule is COC(=O)CSc1cn(Cc2cccc(Br)c2)c2cc(F)cc(F)c12. The molecule has 130 valence electrons. The first-order valence-corrected chi connectivity index (χ1v) is 9.17. The van der Waals surface area contributed by atoms with Gasteiger partial charge in [0.25, 0.3) is 0 Å². The monoisotopic (exact) mass is 425 g/mol. The van der Waals surface area contributed by atoms with Gasteiger partial charge in [-0.15, -0.1) is 11.8 Å². The molecule has 3 aromatic rings. The van der Waals surface area contributed by atoms with Crippen molar-refractivity contribution in [3.05, 3.63) is 64.3 Å². The van der Waals surface area contributed by atoms with Crippen LogP contribution in [0.2, 0.25) is 0 Å². The number of nitrogens with zero attached hydrogens (tertiary/aromatic N) is 1. The molecule has 3 rings (SSSR count). The third-order valence-electron chi connectivity index (χ3n) is 3.68. The van der Waals surface area contributed by atoms with Crippen LogP contribution in [-0.2, 0) is 16.1 Å². The third kappa shape index (κ3) is 4.04. The van der Waals surface area contributed by atoms with Gasteiger partial charge in [0.05, 0.1) is 18.4 Å². The number of ether oxygens (including phenoxy) is 1. The molecule has 0 N–H and O–H groups in total. The number of thioether (sulfide) groups is 1. The van der Waals surface area contributed by atoms with E-state index in [0.717, 1.165) is 16.1 Å². The van der Waals surface area contributed by atoms with Gasteiger partial charge in [-0.25, -0.2) is 8.78 Å². The number of benzene rings is 2. The van der Waals surface area contributed by atoms with Gasteiger partial charge in [-0.3, -0.25) is 4.79 Å². The number of rotatable bonds is 5. The highest BCUT2D eigenvalue weighted by Gasteiger charge is 2.16. The Balaban J connectivity index is 2.04. The standard InChI is InChI=1S/C18H14BrF2NO2S/c1-24-17(23)10-25-16-9-22(8-11-3-2-4-12(19)5-11)15-7-13(20)6-14(21)18(15)16/h2-7,9H,8,10H2,1H3. The predicted molar refractivity (Wildman–Crippen MR) is 97.8 cm³/mol. The second kappa shape index (κ2) is 7.58. The molecule has 0 radical (unpaired) electrons. The molecule has 0 aliphatic carbocycles. The van der Waals surface area contributed by atoms with Crippen molar-refractivity contribution in [2.45, 2.75) is 11.4 Å². The second-order valence-corrected chi connectivity index (χ2v) is 7.33. The second-order valence-electron chi connectivity index (χ2n) is 5.40. The highest BCUT2D eigenvalue weighted by molar-refractivity contribution is 9.10. The quantitative estimate of drug-likeness (QED) is 0.425. The Morgan fingerprint density at radius 1 is 1.28 bits per heavy atom. The minimum Gasteiger partial charge on any atom is -0.468 e. The number of fused-ring (bicyclic) bond motifs is 1.